The molecule has 0 aromatic heterocycles. The number of morpholine rings is 1. The van der Waals surface area contributed by atoms with Gasteiger partial charge >= 0.3 is 0 Å². The summed E-state index contributed by atoms with van der Waals surface area (Å²) in [6, 6.07) is 9.04. The molecule has 0 radical (unpaired) electrons. The fourth-order valence-corrected chi connectivity index (χ4v) is 2.12. The van der Waals surface area contributed by atoms with Gasteiger partial charge in [0, 0.05) is 14.1 Å². The molecule has 0 bridgehead atoms. The highest BCUT2D eigenvalue weighted by molar-refractivity contribution is 5.86. The summed E-state index contributed by atoms with van der Waals surface area (Å²) in [5.74, 6) is -0.341. The third kappa shape index (κ3) is 2.22. The molecule has 2 atom stereocenters. The van der Waals surface area contributed by atoms with Gasteiger partial charge in [-0.1, -0.05) is 30.3 Å². The monoisotopic (exact) mass is 248 g/mol. The van der Waals surface area contributed by atoms with Crippen molar-refractivity contribution in [2.24, 2.45) is 0 Å². The number of rotatable bonds is 2. The van der Waals surface area contributed by atoms with Crippen LogP contribution in [0.15, 0.2) is 30.3 Å². The van der Waals surface area contributed by atoms with Crippen molar-refractivity contribution < 1.29 is 14.3 Å². The Morgan fingerprint density at radius 1 is 1.39 bits per heavy atom. The van der Waals surface area contributed by atoms with Crippen LogP contribution in [0.1, 0.15) is 11.6 Å². The van der Waals surface area contributed by atoms with E-state index in [1.54, 1.807) is 19.0 Å². The molecule has 1 aromatic carbocycles. The standard InChI is InChI=1S/C13H16N2O3/c1-14-13(17)12-11(9-6-4-3-5-7-9)15(2)10(16)8-18-12/h3-7,11-12H,8H2,1-2H3,(H,14,17)/t11-,12+/m0/s1. The van der Waals surface area contributed by atoms with Crippen LogP contribution in [0.2, 0.25) is 0 Å². The first-order valence-electron chi connectivity index (χ1n) is 5.79. The van der Waals surface area contributed by atoms with Gasteiger partial charge in [-0.15, -0.1) is 0 Å². The molecule has 0 unspecified atom stereocenters. The van der Waals surface area contributed by atoms with E-state index in [-0.39, 0.29) is 24.5 Å². The van der Waals surface area contributed by atoms with E-state index >= 15 is 0 Å². The first-order valence-corrected chi connectivity index (χ1v) is 5.79. The Morgan fingerprint density at radius 3 is 2.67 bits per heavy atom. The molecule has 0 aliphatic carbocycles. The van der Waals surface area contributed by atoms with Crippen LogP contribution in [-0.2, 0) is 14.3 Å². The number of nitrogens with one attached hydrogen (secondary N) is 1. The van der Waals surface area contributed by atoms with E-state index in [9.17, 15) is 9.59 Å². The average molecular weight is 248 g/mol. The molecule has 18 heavy (non-hydrogen) atoms. The van der Waals surface area contributed by atoms with Crippen molar-refractivity contribution in [1.29, 1.82) is 0 Å². The molecule has 1 aromatic rings. The highest BCUT2D eigenvalue weighted by Gasteiger charge is 2.39. The molecule has 1 aliphatic heterocycles. The minimum absolute atomic E-state index is 0.0576. The molecule has 96 valence electrons. The zero-order valence-electron chi connectivity index (χ0n) is 10.4. The maximum Gasteiger partial charge on any atom is 0.251 e. The van der Waals surface area contributed by atoms with Crippen molar-refractivity contribution in [3.63, 3.8) is 0 Å². The third-order valence-electron chi connectivity index (χ3n) is 3.13. The van der Waals surface area contributed by atoms with Crippen LogP contribution in [0, 0.1) is 0 Å². The van der Waals surface area contributed by atoms with Crippen LogP contribution < -0.4 is 5.32 Å². The van der Waals surface area contributed by atoms with E-state index in [2.05, 4.69) is 5.32 Å². The summed E-state index contributed by atoms with van der Waals surface area (Å²) in [5, 5.41) is 2.57. The molecule has 1 saturated heterocycles. The van der Waals surface area contributed by atoms with Gasteiger partial charge in [0.1, 0.15) is 6.61 Å². The summed E-state index contributed by atoms with van der Waals surface area (Å²) in [4.78, 5) is 25.1. The summed E-state index contributed by atoms with van der Waals surface area (Å²) < 4.78 is 5.38. The van der Waals surface area contributed by atoms with E-state index < -0.39 is 6.10 Å². The number of carbonyl (C=O) groups excluding carboxylic acids is 2. The number of ether oxygens (including phenoxy) is 1. The van der Waals surface area contributed by atoms with Crippen LogP contribution in [0.4, 0.5) is 0 Å². The second kappa shape index (κ2) is 5.18. The normalized spacial score (nSPS) is 23.9. The summed E-state index contributed by atoms with van der Waals surface area (Å²) in [6.07, 6.45) is -0.667. The zero-order valence-corrected chi connectivity index (χ0v) is 10.4. The van der Waals surface area contributed by atoms with Crippen LogP contribution in [-0.4, -0.2) is 43.5 Å². The van der Waals surface area contributed by atoms with E-state index in [0.717, 1.165) is 5.56 Å². The maximum absolute atomic E-state index is 11.8. The van der Waals surface area contributed by atoms with E-state index in [1.807, 2.05) is 30.3 Å². The van der Waals surface area contributed by atoms with Gasteiger partial charge in [0.05, 0.1) is 6.04 Å². The van der Waals surface area contributed by atoms with Gasteiger partial charge in [0.2, 0.25) is 5.91 Å². The molecule has 5 nitrogen and oxygen atoms in total. The maximum atomic E-state index is 11.8. The molecule has 0 spiro atoms. The fraction of sp³-hybridized carbons (Fsp3) is 0.385. The molecule has 0 saturated carbocycles. The summed E-state index contributed by atoms with van der Waals surface area (Å²) in [7, 11) is 3.25. The van der Waals surface area contributed by atoms with Gasteiger partial charge in [-0.25, -0.2) is 0 Å². The second-order valence-electron chi connectivity index (χ2n) is 4.21. The number of hydrogen-bond donors (Lipinski definition) is 1. The van der Waals surface area contributed by atoms with Crippen molar-refractivity contribution >= 4 is 11.8 Å². The molecule has 1 fully saturated rings. The smallest absolute Gasteiger partial charge is 0.251 e. The summed E-state index contributed by atoms with van der Waals surface area (Å²) in [5.41, 5.74) is 0.890. The predicted octanol–water partition coefficient (Wildman–Crippen LogP) is 0.331. The van der Waals surface area contributed by atoms with Crippen molar-refractivity contribution in [3.8, 4) is 0 Å². The molecule has 2 amide bonds. The lowest BCUT2D eigenvalue weighted by molar-refractivity contribution is -0.161. The Kier molecular flexibility index (Phi) is 3.62. The van der Waals surface area contributed by atoms with E-state index in [0.29, 0.717) is 0 Å². The molecular weight excluding hydrogens is 232 g/mol. The van der Waals surface area contributed by atoms with Crippen LogP contribution >= 0.6 is 0 Å². The topological polar surface area (TPSA) is 58.6 Å². The third-order valence-corrected chi connectivity index (χ3v) is 3.13. The number of likely N-dealkylation sites (N-methyl/N-ethyl adjacent to an activating group) is 2. The Labute approximate surface area is 106 Å². The Bertz CT molecular complexity index is 447. The number of benzene rings is 1. The zero-order chi connectivity index (χ0) is 13.1. The second-order valence-corrected chi connectivity index (χ2v) is 4.21. The Hall–Kier alpha value is -1.88. The average Bonchev–Trinajstić information content (AvgIpc) is 2.41. The van der Waals surface area contributed by atoms with Crippen molar-refractivity contribution in [3.05, 3.63) is 35.9 Å². The number of carbonyl (C=O) groups is 2. The van der Waals surface area contributed by atoms with Crippen LogP contribution in [0.5, 0.6) is 0 Å². The molecule has 5 heteroatoms. The largest absolute Gasteiger partial charge is 0.357 e. The van der Waals surface area contributed by atoms with E-state index in [1.165, 1.54) is 0 Å². The SMILES string of the molecule is CNC(=O)[C@@H]1OCC(=O)N(C)[C@H]1c1ccccc1. The van der Waals surface area contributed by atoms with Gasteiger partial charge < -0.3 is 15.0 Å². The quantitative estimate of drug-likeness (QED) is 0.820. The van der Waals surface area contributed by atoms with Crippen molar-refractivity contribution in [1.82, 2.24) is 10.2 Å². The molecule has 1 N–H and O–H groups in total. The molecule has 2 rings (SSSR count). The number of nitrogens with zero attached hydrogens (tertiary/aromatic N) is 1. The predicted molar refractivity (Wildman–Crippen MR) is 65.8 cm³/mol. The lowest BCUT2D eigenvalue weighted by atomic mass is 9.98. The van der Waals surface area contributed by atoms with Gasteiger partial charge in [-0.05, 0) is 5.56 Å². The van der Waals surface area contributed by atoms with E-state index in [4.69, 9.17) is 4.74 Å². The highest BCUT2D eigenvalue weighted by Crippen LogP contribution is 2.28. The summed E-state index contributed by atoms with van der Waals surface area (Å²) in [6.45, 7) is -0.0576. The van der Waals surface area contributed by atoms with Gasteiger partial charge in [-0.3, -0.25) is 9.59 Å². The Morgan fingerprint density at radius 2 is 2.06 bits per heavy atom. The molecule has 1 heterocycles. The Balaban J connectivity index is 2.35. The van der Waals surface area contributed by atoms with Gasteiger partial charge in [-0.2, -0.15) is 0 Å². The van der Waals surface area contributed by atoms with Crippen LogP contribution in [0.3, 0.4) is 0 Å². The lowest BCUT2D eigenvalue weighted by Gasteiger charge is -2.38. The van der Waals surface area contributed by atoms with Crippen LogP contribution in [0.25, 0.3) is 0 Å². The first-order chi connectivity index (χ1) is 8.65. The summed E-state index contributed by atoms with van der Waals surface area (Å²) >= 11 is 0. The van der Waals surface area contributed by atoms with Crippen molar-refractivity contribution in [2.45, 2.75) is 12.1 Å². The highest BCUT2D eigenvalue weighted by atomic mass is 16.5. The number of hydrogen-bond acceptors (Lipinski definition) is 3. The first kappa shape index (κ1) is 12.6. The molecular formula is C13H16N2O3. The fourth-order valence-electron chi connectivity index (χ4n) is 2.12. The number of amides is 2. The molecule has 1 aliphatic rings. The minimum atomic E-state index is -0.667. The van der Waals surface area contributed by atoms with Crippen molar-refractivity contribution in [2.75, 3.05) is 20.7 Å². The van der Waals surface area contributed by atoms with Gasteiger partial charge in [0.15, 0.2) is 6.10 Å². The minimum Gasteiger partial charge on any atom is -0.357 e. The lowest BCUT2D eigenvalue weighted by Crippen LogP contribution is -2.52. The van der Waals surface area contributed by atoms with Gasteiger partial charge in [0.25, 0.3) is 5.91 Å².